The van der Waals surface area contributed by atoms with Gasteiger partial charge in [0.2, 0.25) is 5.91 Å². The van der Waals surface area contributed by atoms with Crippen LogP contribution < -0.4 is 11.1 Å². The van der Waals surface area contributed by atoms with Crippen LogP contribution in [0.5, 0.6) is 0 Å². The molecule has 0 spiro atoms. The summed E-state index contributed by atoms with van der Waals surface area (Å²) in [5, 5.41) is 2.93. The zero-order chi connectivity index (χ0) is 12.1. The van der Waals surface area contributed by atoms with Crippen LogP contribution >= 0.6 is 12.2 Å². The highest BCUT2D eigenvalue weighted by atomic mass is 32.1. The predicted molar refractivity (Wildman–Crippen MR) is 67.1 cm³/mol. The summed E-state index contributed by atoms with van der Waals surface area (Å²) in [4.78, 5) is 12.4. The average molecular weight is 244 g/mol. The van der Waals surface area contributed by atoms with E-state index >= 15 is 0 Å². The highest BCUT2D eigenvalue weighted by Gasteiger charge is 2.33. The monoisotopic (exact) mass is 244 g/mol. The molecular formula is C11H20N2O2S. The summed E-state index contributed by atoms with van der Waals surface area (Å²) in [6, 6.07) is 0.00288. The second kappa shape index (κ2) is 6.15. The standard InChI is InChI=1S/C11H20N2O2S/c1-3-9-8(4-5-15-9)11(14)13-7(2)6-10(12)16/h7-9H,3-6H2,1-2H3,(H2,12,16)(H,13,14). The largest absolute Gasteiger partial charge is 0.393 e. The smallest absolute Gasteiger partial charge is 0.226 e. The molecule has 1 aliphatic rings. The van der Waals surface area contributed by atoms with Gasteiger partial charge in [-0.1, -0.05) is 19.1 Å². The molecule has 4 nitrogen and oxygen atoms in total. The Morgan fingerprint density at radius 2 is 2.38 bits per heavy atom. The van der Waals surface area contributed by atoms with Gasteiger partial charge in [-0.05, 0) is 19.8 Å². The number of carbonyl (C=O) groups excluding carboxylic acids is 1. The number of nitrogens with one attached hydrogen (secondary N) is 1. The molecule has 3 N–H and O–H groups in total. The molecule has 92 valence electrons. The Kier molecular flexibility index (Phi) is 5.15. The normalized spacial score (nSPS) is 26.4. The molecular weight excluding hydrogens is 224 g/mol. The molecule has 0 aromatic rings. The van der Waals surface area contributed by atoms with Gasteiger partial charge in [0.1, 0.15) is 0 Å². The SMILES string of the molecule is CCC1OCCC1C(=O)NC(C)CC(N)=S. The minimum absolute atomic E-state index is 0.00288. The van der Waals surface area contributed by atoms with E-state index in [9.17, 15) is 4.79 Å². The minimum Gasteiger partial charge on any atom is -0.393 e. The Hall–Kier alpha value is -0.680. The maximum absolute atomic E-state index is 11.9. The van der Waals surface area contributed by atoms with Gasteiger partial charge in [0.05, 0.1) is 17.0 Å². The number of thiocarbonyl (C=S) groups is 1. The Morgan fingerprint density at radius 1 is 1.69 bits per heavy atom. The molecule has 0 radical (unpaired) electrons. The lowest BCUT2D eigenvalue weighted by molar-refractivity contribution is -0.127. The Morgan fingerprint density at radius 3 is 2.94 bits per heavy atom. The molecule has 3 unspecified atom stereocenters. The number of hydrogen-bond acceptors (Lipinski definition) is 3. The number of amides is 1. The van der Waals surface area contributed by atoms with Crippen LogP contribution in [0.25, 0.3) is 0 Å². The molecule has 3 atom stereocenters. The fourth-order valence-electron chi connectivity index (χ4n) is 2.05. The summed E-state index contributed by atoms with van der Waals surface area (Å²) in [5.41, 5.74) is 5.43. The maximum atomic E-state index is 11.9. The highest BCUT2D eigenvalue weighted by molar-refractivity contribution is 7.80. The Labute approximate surface area is 102 Å². The lowest BCUT2D eigenvalue weighted by atomic mass is 9.98. The molecule has 0 aromatic carbocycles. The van der Waals surface area contributed by atoms with E-state index in [1.54, 1.807) is 0 Å². The number of nitrogens with two attached hydrogens (primary N) is 1. The van der Waals surface area contributed by atoms with Crippen LogP contribution in [0.4, 0.5) is 0 Å². The topological polar surface area (TPSA) is 64.3 Å². The summed E-state index contributed by atoms with van der Waals surface area (Å²) in [7, 11) is 0. The van der Waals surface area contributed by atoms with Gasteiger partial charge in [-0.25, -0.2) is 0 Å². The van der Waals surface area contributed by atoms with Crippen LogP contribution in [-0.2, 0) is 9.53 Å². The van der Waals surface area contributed by atoms with E-state index in [4.69, 9.17) is 22.7 Å². The molecule has 0 aromatic heterocycles. The van der Waals surface area contributed by atoms with E-state index in [2.05, 4.69) is 5.32 Å². The van der Waals surface area contributed by atoms with E-state index in [0.29, 0.717) is 18.0 Å². The van der Waals surface area contributed by atoms with Crippen molar-refractivity contribution in [1.29, 1.82) is 0 Å². The van der Waals surface area contributed by atoms with E-state index in [1.165, 1.54) is 0 Å². The second-order valence-corrected chi connectivity index (χ2v) is 4.82. The van der Waals surface area contributed by atoms with Crippen LogP contribution in [0, 0.1) is 5.92 Å². The molecule has 16 heavy (non-hydrogen) atoms. The molecule has 1 rings (SSSR count). The first-order chi connectivity index (χ1) is 7.54. The van der Waals surface area contributed by atoms with Crippen LogP contribution in [0.3, 0.4) is 0 Å². The van der Waals surface area contributed by atoms with E-state index in [1.807, 2.05) is 13.8 Å². The van der Waals surface area contributed by atoms with Gasteiger partial charge in [-0.3, -0.25) is 4.79 Å². The zero-order valence-corrected chi connectivity index (χ0v) is 10.7. The lowest BCUT2D eigenvalue weighted by Gasteiger charge is -2.19. The van der Waals surface area contributed by atoms with Crippen molar-refractivity contribution in [3.05, 3.63) is 0 Å². The molecule has 0 saturated carbocycles. The van der Waals surface area contributed by atoms with Crippen molar-refractivity contribution >= 4 is 23.1 Å². The second-order valence-electron chi connectivity index (χ2n) is 4.29. The number of ether oxygens (including phenoxy) is 1. The molecule has 1 aliphatic heterocycles. The first-order valence-electron chi connectivity index (χ1n) is 5.74. The van der Waals surface area contributed by atoms with Gasteiger partial charge in [-0.15, -0.1) is 0 Å². The third-order valence-corrected chi connectivity index (χ3v) is 3.01. The van der Waals surface area contributed by atoms with Gasteiger partial charge in [-0.2, -0.15) is 0 Å². The van der Waals surface area contributed by atoms with Gasteiger partial charge >= 0.3 is 0 Å². The average Bonchev–Trinajstić information content (AvgIpc) is 2.63. The first-order valence-corrected chi connectivity index (χ1v) is 6.15. The van der Waals surface area contributed by atoms with Crippen LogP contribution in [0.15, 0.2) is 0 Å². The fraction of sp³-hybridized carbons (Fsp3) is 0.818. The van der Waals surface area contributed by atoms with Crippen LogP contribution in [0.1, 0.15) is 33.1 Å². The quantitative estimate of drug-likeness (QED) is 0.708. The van der Waals surface area contributed by atoms with E-state index in [0.717, 1.165) is 12.8 Å². The van der Waals surface area contributed by atoms with E-state index < -0.39 is 0 Å². The summed E-state index contributed by atoms with van der Waals surface area (Å²) >= 11 is 4.81. The van der Waals surface area contributed by atoms with Crippen LogP contribution in [0.2, 0.25) is 0 Å². The number of carbonyl (C=O) groups is 1. The van der Waals surface area contributed by atoms with Gasteiger partial charge in [0, 0.05) is 19.1 Å². The summed E-state index contributed by atoms with van der Waals surface area (Å²) < 4.78 is 5.49. The zero-order valence-electron chi connectivity index (χ0n) is 9.86. The molecule has 5 heteroatoms. The molecule has 1 saturated heterocycles. The van der Waals surface area contributed by atoms with Crippen molar-refractivity contribution in [3.8, 4) is 0 Å². The van der Waals surface area contributed by atoms with Crippen LogP contribution in [-0.4, -0.2) is 29.6 Å². The third-order valence-electron chi connectivity index (χ3n) is 2.84. The van der Waals surface area contributed by atoms with Crippen molar-refractivity contribution in [2.45, 2.75) is 45.3 Å². The van der Waals surface area contributed by atoms with Crippen molar-refractivity contribution in [3.63, 3.8) is 0 Å². The summed E-state index contributed by atoms with van der Waals surface area (Å²) in [5.74, 6) is 0.0481. The van der Waals surface area contributed by atoms with Crippen molar-refractivity contribution < 1.29 is 9.53 Å². The highest BCUT2D eigenvalue weighted by Crippen LogP contribution is 2.23. The maximum Gasteiger partial charge on any atom is 0.226 e. The first kappa shape index (κ1) is 13.4. The van der Waals surface area contributed by atoms with Gasteiger partial charge < -0.3 is 15.8 Å². The third kappa shape index (κ3) is 3.72. The molecule has 0 bridgehead atoms. The van der Waals surface area contributed by atoms with Crippen molar-refractivity contribution in [1.82, 2.24) is 5.32 Å². The minimum atomic E-state index is -0.0150. The molecule has 1 amide bonds. The van der Waals surface area contributed by atoms with Crippen molar-refractivity contribution in [2.24, 2.45) is 11.7 Å². The van der Waals surface area contributed by atoms with Gasteiger partial charge in [0.25, 0.3) is 0 Å². The fourth-order valence-corrected chi connectivity index (χ4v) is 2.30. The summed E-state index contributed by atoms with van der Waals surface area (Å²) in [6.07, 6.45) is 2.30. The Bertz CT molecular complexity index is 271. The van der Waals surface area contributed by atoms with Gasteiger partial charge in [0.15, 0.2) is 0 Å². The number of rotatable bonds is 5. The number of hydrogen-bond donors (Lipinski definition) is 2. The lowest BCUT2D eigenvalue weighted by Crippen LogP contribution is -2.41. The predicted octanol–water partition coefficient (Wildman–Crippen LogP) is 0.982. The van der Waals surface area contributed by atoms with Crippen molar-refractivity contribution in [2.75, 3.05) is 6.61 Å². The summed E-state index contributed by atoms with van der Waals surface area (Å²) in [6.45, 7) is 4.63. The van der Waals surface area contributed by atoms with E-state index in [-0.39, 0.29) is 24.0 Å². The Balaban J connectivity index is 2.42. The molecule has 1 fully saturated rings. The molecule has 0 aliphatic carbocycles. The molecule has 1 heterocycles.